The van der Waals surface area contributed by atoms with Crippen molar-refractivity contribution in [1.82, 2.24) is 9.88 Å². The number of amides is 1. The predicted octanol–water partition coefficient (Wildman–Crippen LogP) is 2.60. The van der Waals surface area contributed by atoms with Gasteiger partial charge in [-0.3, -0.25) is 9.59 Å². The number of carbonyl (C=O) groups excluding carboxylic acids is 1. The first-order valence-corrected chi connectivity index (χ1v) is 7.56. The van der Waals surface area contributed by atoms with Gasteiger partial charge in [0.05, 0.1) is 5.52 Å². The zero-order valence-electron chi connectivity index (χ0n) is 12.3. The Labute approximate surface area is 123 Å². The number of pyridine rings is 1. The van der Waals surface area contributed by atoms with Crippen LogP contribution in [-0.4, -0.2) is 16.5 Å². The molecule has 1 aliphatic rings. The summed E-state index contributed by atoms with van der Waals surface area (Å²) in [4.78, 5) is 24.9. The van der Waals surface area contributed by atoms with Crippen LogP contribution in [0.1, 0.15) is 42.5 Å². The van der Waals surface area contributed by atoms with E-state index in [1.54, 1.807) is 12.3 Å². The molecular weight excluding hydrogens is 264 g/mol. The van der Waals surface area contributed by atoms with Crippen molar-refractivity contribution in [1.29, 1.82) is 0 Å². The number of benzene rings is 1. The van der Waals surface area contributed by atoms with Crippen LogP contribution in [0.4, 0.5) is 0 Å². The van der Waals surface area contributed by atoms with Crippen LogP contribution in [0.2, 0.25) is 0 Å². The molecule has 2 aromatic rings. The van der Waals surface area contributed by atoms with E-state index in [1.165, 1.54) is 6.42 Å². The highest BCUT2D eigenvalue weighted by Gasteiger charge is 2.19. The van der Waals surface area contributed by atoms with Crippen molar-refractivity contribution in [2.45, 2.75) is 38.1 Å². The predicted molar refractivity (Wildman–Crippen MR) is 83.5 cm³/mol. The SMILES string of the molecule is Cn1cc(C(=O)NC2CCCCC2)c(=O)c2ccccc21. The van der Waals surface area contributed by atoms with E-state index < -0.39 is 0 Å². The molecule has 1 heterocycles. The van der Waals surface area contributed by atoms with E-state index in [1.807, 2.05) is 29.8 Å². The summed E-state index contributed by atoms with van der Waals surface area (Å²) in [6, 6.07) is 7.59. The number of hydrogen-bond acceptors (Lipinski definition) is 2. The van der Waals surface area contributed by atoms with Gasteiger partial charge in [-0.25, -0.2) is 0 Å². The summed E-state index contributed by atoms with van der Waals surface area (Å²) < 4.78 is 1.84. The monoisotopic (exact) mass is 284 g/mol. The zero-order valence-corrected chi connectivity index (χ0v) is 12.3. The number of nitrogens with one attached hydrogen (secondary N) is 1. The first-order chi connectivity index (χ1) is 10.2. The molecule has 1 fully saturated rings. The number of hydrogen-bond donors (Lipinski definition) is 1. The van der Waals surface area contributed by atoms with Crippen molar-refractivity contribution < 1.29 is 4.79 Å². The van der Waals surface area contributed by atoms with E-state index in [-0.39, 0.29) is 22.9 Å². The molecule has 1 saturated carbocycles. The van der Waals surface area contributed by atoms with Gasteiger partial charge in [0, 0.05) is 24.7 Å². The Morgan fingerprint density at radius 1 is 1.19 bits per heavy atom. The van der Waals surface area contributed by atoms with Crippen molar-refractivity contribution in [3.63, 3.8) is 0 Å². The number of aromatic nitrogens is 1. The molecule has 0 unspecified atom stereocenters. The molecule has 21 heavy (non-hydrogen) atoms. The summed E-state index contributed by atoms with van der Waals surface area (Å²) in [5, 5.41) is 3.61. The fourth-order valence-electron chi connectivity index (χ4n) is 3.11. The van der Waals surface area contributed by atoms with Crippen LogP contribution < -0.4 is 10.7 Å². The molecule has 0 spiro atoms. The van der Waals surface area contributed by atoms with Crippen LogP contribution in [0.15, 0.2) is 35.3 Å². The third kappa shape index (κ3) is 2.71. The van der Waals surface area contributed by atoms with Crippen LogP contribution in [-0.2, 0) is 7.05 Å². The maximum atomic E-state index is 12.5. The molecule has 110 valence electrons. The summed E-state index contributed by atoms with van der Waals surface area (Å²) >= 11 is 0. The maximum absolute atomic E-state index is 12.5. The van der Waals surface area contributed by atoms with E-state index in [0.717, 1.165) is 31.2 Å². The Morgan fingerprint density at radius 3 is 2.67 bits per heavy atom. The van der Waals surface area contributed by atoms with Gasteiger partial charge >= 0.3 is 0 Å². The molecule has 0 atom stereocenters. The van der Waals surface area contributed by atoms with Crippen molar-refractivity contribution in [3.8, 4) is 0 Å². The van der Waals surface area contributed by atoms with Gasteiger partial charge in [-0.05, 0) is 25.0 Å². The molecule has 1 aromatic heterocycles. The quantitative estimate of drug-likeness (QED) is 0.921. The largest absolute Gasteiger partial charge is 0.350 e. The minimum Gasteiger partial charge on any atom is -0.350 e. The third-order valence-electron chi connectivity index (χ3n) is 4.28. The Morgan fingerprint density at radius 2 is 1.90 bits per heavy atom. The summed E-state index contributed by atoms with van der Waals surface area (Å²) in [6.45, 7) is 0. The van der Waals surface area contributed by atoms with Gasteiger partial charge in [-0.15, -0.1) is 0 Å². The molecule has 3 rings (SSSR count). The minimum atomic E-state index is -0.242. The summed E-state index contributed by atoms with van der Waals surface area (Å²) in [6.07, 6.45) is 7.22. The number of aryl methyl sites for hydroxylation is 1. The maximum Gasteiger partial charge on any atom is 0.256 e. The first-order valence-electron chi connectivity index (χ1n) is 7.56. The average Bonchev–Trinajstić information content (AvgIpc) is 2.52. The lowest BCUT2D eigenvalue weighted by Gasteiger charge is -2.22. The Kier molecular flexibility index (Phi) is 3.78. The Bertz CT molecular complexity index is 727. The lowest BCUT2D eigenvalue weighted by molar-refractivity contribution is 0.0926. The van der Waals surface area contributed by atoms with Crippen LogP contribution >= 0.6 is 0 Å². The zero-order chi connectivity index (χ0) is 14.8. The molecule has 0 aliphatic heterocycles. The molecule has 1 amide bonds. The summed E-state index contributed by atoms with van der Waals surface area (Å²) in [5.74, 6) is -0.242. The van der Waals surface area contributed by atoms with E-state index >= 15 is 0 Å². The molecule has 4 heteroatoms. The Balaban J connectivity index is 1.94. The highest BCUT2D eigenvalue weighted by atomic mass is 16.2. The summed E-state index contributed by atoms with van der Waals surface area (Å²) in [7, 11) is 1.86. The fourth-order valence-corrected chi connectivity index (χ4v) is 3.11. The second-order valence-corrected chi connectivity index (χ2v) is 5.81. The number of para-hydroxylation sites is 1. The van der Waals surface area contributed by atoms with Gasteiger partial charge in [0.25, 0.3) is 5.91 Å². The third-order valence-corrected chi connectivity index (χ3v) is 4.28. The number of carbonyl (C=O) groups is 1. The minimum absolute atomic E-state index is 0.183. The normalized spacial score (nSPS) is 16.0. The molecule has 1 N–H and O–H groups in total. The molecule has 1 aromatic carbocycles. The van der Waals surface area contributed by atoms with Crippen molar-refractivity contribution in [3.05, 3.63) is 46.2 Å². The van der Waals surface area contributed by atoms with Crippen LogP contribution in [0.25, 0.3) is 10.9 Å². The highest BCUT2D eigenvalue weighted by Crippen LogP contribution is 2.18. The Hall–Kier alpha value is -2.10. The lowest BCUT2D eigenvalue weighted by Crippen LogP contribution is -2.38. The average molecular weight is 284 g/mol. The summed E-state index contributed by atoms with van der Waals surface area (Å²) in [5.41, 5.74) is 0.899. The lowest BCUT2D eigenvalue weighted by atomic mass is 9.95. The van der Waals surface area contributed by atoms with E-state index in [9.17, 15) is 9.59 Å². The van der Waals surface area contributed by atoms with E-state index in [0.29, 0.717) is 5.39 Å². The van der Waals surface area contributed by atoms with Crippen molar-refractivity contribution in [2.24, 2.45) is 7.05 Å². The highest BCUT2D eigenvalue weighted by molar-refractivity contribution is 5.97. The first kappa shape index (κ1) is 13.9. The molecular formula is C17H20N2O2. The number of nitrogens with zero attached hydrogens (tertiary/aromatic N) is 1. The van der Waals surface area contributed by atoms with Gasteiger partial charge in [-0.2, -0.15) is 0 Å². The van der Waals surface area contributed by atoms with E-state index in [2.05, 4.69) is 5.32 Å². The standard InChI is InChI=1S/C17H20N2O2/c1-19-11-14(16(20)13-9-5-6-10-15(13)19)17(21)18-12-7-3-2-4-8-12/h5-6,9-12H,2-4,7-8H2,1H3,(H,18,21). The molecule has 1 aliphatic carbocycles. The second-order valence-electron chi connectivity index (χ2n) is 5.81. The molecule has 0 bridgehead atoms. The second kappa shape index (κ2) is 5.72. The van der Waals surface area contributed by atoms with Crippen molar-refractivity contribution in [2.75, 3.05) is 0 Å². The number of rotatable bonds is 2. The van der Waals surface area contributed by atoms with Gasteiger partial charge in [-0.1, -0.05) is 31.4 Å². The molecule has 0 radical (unpaired) electrons. The van der Waals surface area contributed by atoms with Crippen molar-refractivity contribution >= 4 is 16.8 Å². The number of fused-ring (bicyclic) bond motifs is 1. The van der Waals surface area contributed by atoms with Gasteiger partial charge in [0.15, 0.2) is 0 Å². The van der Waals surface area contributed by atoms with Crippen LogP contribution in [0.5, 0.6) is 0 Å². The van der Waals surface area contributed by atoms with Gasteiger partial charge < -0.3 is 9.88 Å². The van der Waals surface area contributed by atoms with Crippen LogP contribution in [0, 0.1) is 0 Å². The smallest absolute Gasteiger partial charge is 0.256 e. The van der Waals surface area contributed by atoms with Gasteiger partial charge in [0.2, 0.25) is 5.43 Å². The fraction of sp³-hybridized carbons (Fsp3) is 0.412. The molecule has 4 nitrogen and oxygen atoms in total. The van der Waals surface area contributed by atoms with Gasteiger partial charge in [0.1, 0.15) is 5.56 Å². The van der Waals surface area contributed by atoms with Crippen LogP contribution in [0.3, 0.4) is 0 Å². The molecule has 0 saturated heterocycles. The topological polar surface area (TPSA) is 51.1 Å². The van der Waals surface area contributed by atoms with E-state index in [4.69, 9.17) is 0 Å².